The minimum Gasteiger partial charge on any atom is -0.384 e. The van der Waals surface area contributed by atoms with Crippen molar-refractivity contribution in [2.24, 2.45) is 0 Å². The van der Waals surface area contributed by atoms with E-state index in [9.17, 15) is 4.79 Å². The Hall–Kier alpha value is -2.16. The Bertz CT molecular complexity index is 695. The Morgan fingerprint density at radius 2 is 2.25 bits per heavy atom. The van der Waals surface area contributed by atoms with Crippen molar-refractivity contribution in [1.82, 2.24) is 4.98 Å². The molecule has 1 amide bonds. The lowest BCUT2D eigenvalue weighted by Crippen LogP contribution is -2.12. The van der Waals surface area contributed by atoms with Crippen LogP contribution in [-0.2, 0) is 0 Å². The van der Waals surface area contributed by atoms with Crippen LogP contribution in [0.4, 0.5) is 5.13 Å². The van der Waals surface area contributed by atoms with E-state index >= 15 is 0 Å². The van der Waals surface area contributed by atoms with Crippen molar-refractivity contribution in [1.29, 1.82) is 0 Å². The average molecular weight is 286 g/mol. The van der Waals surface area contributed by atoms with E-state index in [0.29, 0.717) is 10.7 Å². The number of hydrogen-bond acceptors (Lipinski definition) is 4. The Kier molecular flexibility index (Phi) is 4.51. The number of carbonyl (C=O) groups is 1. The smallest absolute Gasteiger partial charge is 0.257 e. The number of anilines is 1. The van der Waals surface area contributed by atoms with Gasteiger partial charge in [0.25, 0.3) is 5.91 Å². The third-order valence-electron chi connectivity index (χ3n) is 2.64. The van der Waals surface area contributed by atoms with Gasteiger partial charge in [0, 0.05) is 22.2 Å². The number of thiazole rings is 1. The van der Waals surface area contributed by atoms with Crippen molar-refractivity contribution in [2.75, 3.05) is 11.9 Å². The maximum Gasteiger partial charge on any atom is 0.257 e. The third-order valence-corrected chi connectivity index (χ3v) is 3.47. The number of nitrogens with zero attached hydrogens (tertiary/aromatic N) is 1. The monoisotopic (exact) mass is 286 g/mol. The fourth-order valence-corrected chi connectivity index (χ4v) is 2.27. The van der Waals surface area contributed by atoms with E-state index in [-0.39, 0.29) is 12.5 Å². The molecule has 20 heavy (non-hydrogen) atoms. The molecule has 1 aromatic heterocycles. The maximum absolute atomic E-state index is 12.1. The molecule has 102 valence electrons. The van der Waals surface area contributed by atoms with E-state index in [1.165, 1.54) is 11.3 Å². The van der Waals surface area contributed by atoms with Gasteiger partial charge < -0.3 is 5.11 Å². The molecule has 2 rings (SSSR count). The number of aliphatic hydroxyl groups excluding tert-OH is 1. The molecule has 0 radical (unpaired) electrons. The van der Waals surface area contributed by atoms with Crippen LogP contribution in [0.5, 0.6) is 0 Å². The molecule has 0 aliphatic heterocycles. The number of nitrogens with one attached hydrogen (secondary N) is 1. The first kappa shape index (κ1) is 14.3. The number of rotatable bonds is 2. The van der Waals surface area contributed by atoms with Gasteiger partial charge in [-0.25, -0.2) is 4.98 Å². The van der Waals surface area contributed by atoms with Gasteiger partial charge in [0.05, 0.1) is 0 Å². The van der Waals surface area contributed by atoms with E-state index in [1.807, 2.05) is 19.9 Å². The molecular formula is C15H14N2O2S. The first-order valence-electron chi connectivity index (χ1n) is 6.04. The van der Waals surface area contributed by atoms with Crippen molar-refractivity contribution >= 4 is 22.4 Å². The summed E-state index contributed by atoms with van der Waals surface area (Å²) in [7, 11) is 0. The number of benzene rings is 1. The van der Waals surface area contributed by atoms with Gasteiger partial charge in [0.15, 0.2) is 5.13 Å². The Morgan fingerprint density at radius 3 is 2.90 bits per heavy atom. The predicted octanol–water partition coefficient (Wildman–Crippen LogP) is 2.36. The molecule has 0 fully saturated rings. The first-order valence-corrected chi connectivity index (χ1v) is 6.86. The van der Waals surface area contributed by atoms with Gasteiger partial charge in [-0.1, -0.05) is 17.9 Å². The average Bonchev–Trinajstić information content (AvgIpc) is 2.83. The zero-order valence-electron chi connectivity index (χ0n) is 11.2. The summed E-state index contributed by atoms with van der Waals surface area (Å²) in [4.78, 5) is 17.3. The van der Waals surface area contributed by atoms with Crippen LogP contribution in [0.2, 0.25) is 0 Å². The zero-order valence-corrected chi connectivity index (χ0v) is 12.0. The Labute approximate surface area is 121 Å². The molecule has 0 saturated heterocycles. The highest BCUT2D eigenvalue weighted by Gasteiger charge is 2.09. The fourth-order valence-electron chi connectivity index (χ4n) is 1.61. The molecule has 0 spiro atoms. The summed E-state index contributed by atoms with van der Waals surface area (Å²) in [6, 6.07) is 5.30. The molecule has 2 N–H and O–H groups in total. The first-order chi connectivity index (χ1) is 9.60. The van der Waals surface area contributed by atoms with Crippen molar-refractivity contribution < 1.29 is 9.90 Å². The topological polar surface area (TPSA) is 62.2 Å². The lowest BCUT2D eigenvalue weighted by Gasteiger charge is -2.04. The minimum atomic E-state index is -0.216. The van der Waals surface area contributed by atoms with Gasteiger partial charge in [-0.05, 0) is 31.5 Å². The molecule has 5 heteroatoms. The molecule has 2 aromatic rings. The highest BCUT2D eigenvalue weighted by molar-refractivity contribution is 7.15. The van der Waals surface area contributed by atoms with Gasteiger partial charge in [-0.15, -0.1) is 11.3 Å². The standard InChI is InChI=1S/C15H14N2O2S/c1-10-5-6-13(8-12(10)4-3-7-18)14(19)17-15-16-9-11(2)20-15/h5-6,8-9,18H,7H2,1-2H3,(H,16,17,19). The molecule has 0 aliphatic rings. The second-order valence-electron chi connectivity index (χ2n) is 4.22. The zero-order chi connectivity index (χ0) is 14.5. The highest BCUT2D eigenvalue weighted by atomic mass is 32.1. The second-order valence-corrected chi connectivity index (χ2v) is 5.45. The number of aliphatic hydroxyl groups is 1. The highest BCUT2D eigenvalue weighted by Crippen LogP contribution is 2.18. The lowest BCUT2D eigenvalue weighted by molar-refractivity contribution is 0.102. The number of hydrogen-bond donors (Lipinski definition) is 2. The van der Waals surface area contributed by atoms with E-state index in [1.54, 1.807) is 18.3 Å². The molecule has 0 unspecified atom stereocenters. The van der Waals surface area contributed by atoms with Crippen molar-refractivity contribution in [3.05, 3.63) is 46.0 Å². The summed E-state index contributed by atoms with van der Waals surface area (Å²) >= 11 is 1.43. The minimum absolute atomic E-state index is 0.200. The summed E-state index contributed by atoms with van der Waals surface area (Å²) in [6.45, 7) is 3.64. The van der Waals surface area contributed by atoms with Crippen LogP contribution in [-0.4, -0.2) is 22.6 Å². The molecule has 0 bridgehead atoms. The second kappa shape index (κ2) is 6.33. The van der Waals surface area contributed by atoms with Crippen LogP contribution < -0.4 is 5.32 Å². The molecule has 0 saturated carbocycles. The SMILES string of the molecule is Cc1cnc(NC(=O)c2ccc(C)c(C#CCO)c2)s1. The van der Waals surface area contributed by atoms with Gasteiger partial charge >= 0.3 is 0 Å². The van der Waals surface area contributed by atoms with Crippen LogP contribution in [0.15, 0.2) is 24.4 Å². The number of aromatic nitrogens is 1. The van der Waals surface area contributed by atoms with Crippen LogP contribution >= 0.6 is 11.3 Å². The summed E-state index contributed by atoms with van der Waals surface area (Å²) in [5.74, 6) is 5.20. The van der Waals surface area contributed by atoms with Gasteiger partial charge in [0.2, 0.25) is 0 Å². The van der Waals surface area contributed by atoms with Crippen molar-refractivity contribution in [3.63, 3.8) is 0 Å². The van der Waals surface area contributed by atoms with E-state index in [0.717, 1.165) is 16.0 Å². The summed E-state index contributed by atoms with van der Waals surface area (Å²) in [5, 5.41) is 12.1. The molecule has 1 heterocycles. The normalized spacial score (nSPS) is 9.75. The van der Waals surface area contributed by atoms with E-state index in [2.05, 4.69) is 22.1 Å². The number of amides is 1. The summed E-state index contributed by atoms with van der Waals surface area (Å²) in [5.41, 5.74) is 2.22. The van der Waals surface area contributed by atoms with Crippen LogP contribution in [0.25, 0.3) is 0 Å². The van der Waals surface area contributed by atoms with Crippen molar-refractivity contribution in [3.8, 4) is 11.8 Å². The Balaban J connectivity index is 2.22. The van der Waals surface area contributed by atoms with Crippen LogP contribution in [0.1, 0.15) is 26.4 Å². The fraction of sp³-hybridized carbons (Fsp3) is 0.200. The van der Waals surface area contributed by atoms with Crippen LogP contribution in [0.3, 0.4) is 0 Å². The molecule has 4 nitrogen and oxygen atoms in total. The summed E-state index contributed by atoms with van der Waals surface area (Å²) in [6.07, 6.45) is 1.72. The van der Waals surface area contributed by atoms with E-state index in [4.69, 9.17) is 5.11 Å². The quantitative estimate of drug-likeness (QED) is 0.833. The van der Waals surface area contributed by atoms with Gasteiger partial charge in [-0.2, -0.15) is 0 Å². The van der Waals surface area contributed by atoms with Crippen molar-refractivity contribution in [2.45, 2.75) is 13.8 Å². The maximum atomic E-state index is 12.1. The molecule has 1 aromatic carbocycles. The van der Waals surface area contributed by atoms with Gasteiger partial charge in [0.1, 0.15) is 6.61 Å². The summed E-state index contributed by atoms with van der Waals surface area (Å²) < 4.78 is 0. The number of aryl methyl sites for hydroxylation is 2. The van der Waals surface area contributed by atoms with Crippen LogP contribution in [0, 0.1) is 25.7 Å². The molecular weight excluding hydrogens is 272 g/mol. The van der Waals surface area contributed by atoms with Gasteiger partial charge in [-0.3, -0.25) is 10.1 Å². The lowest BCUT2D eigenvalue weighted by atomic mass is 10.0. The largest absolute Gasteiger partial charge is 0.384 e. The molecule has 0 atom stereocenters. The molecule has 0 aliphatic carbocycles. The Morgan fingerprint density at radius 1 is 1.45 bits per heavy atom. The number of carbonyl (C=O) groups excluding carboxylic acids is 1. The predicted molar refractivity (Wildman–Crippen MR) is 79.9 cm³/mol. The third kappa shape index (κ3) is 3.44. The van der Waals surface area contributed by atoms with E-state index < -0.39 is 0 Å².